The minimum Gasteiger partial charge on any atom is -0.366 e. The van der Waals surface area contributed by atoms with Crippen molar-refractivity contribution in [2.24, 2.45) is 12.8 Å². The van der Waals surface area contributed by atoms with Crippen molar-refractivity contribution in [3.05, 3.63) is 86.6 Å². The lowest BCUT2D eigenvalue weighted by atomic mass is 9.84. The van der Waals surface area contributed by atoms with E-state index in [1.54, 1.807) is 11.7 Å². The van der Waals surface area contributed by atoms with Gasteiger partial charge in [0.15, 0.2) is 0 Å². The van der Waals surface area contributed by atoms with E-state index in [9.17, 15) is 31.5 Å². The van der Waals surface area contributed by atoms with E-state index >= 15 is 0 Å². The second kappa shape index (κ2) is 8.51. The number of nitrogens with zero attached hydrogens (tertiary/aromatic N) is 2. The Morgan fingerprint density at radius 2 is 1.82 bits per heavy atom. The standard InChI is InChI=1S/C27H18ClF5N4O2/c1-37-24(10-2-3-10)16-9-14(19-15(25(34)38)7-12(30)8-17(19)27(31,32)33)20-21(23(16)36-37)26(39)35-22(20)13-6-11(29)4-5-18(13)28/h4-10,22H,2-3H2,1H3,(H2,34,38)(H,35,39). The third-order valence-corrected chi connectivity index (χ3v) is 7.53. The van der Waals surface area contributed by atoms with Gasteiger partial charge in [0.2, 0.25) is 5.91 Å². The monoisotopic (exact) mass is 560 g/mol. The number of amides is 2. The molecule has 39 heavy (non-hydrogen) atoms. The van der Waals surface area contributed by atoms with Crippen molar-refractivity contribution in [2.45, 2.75) is 31.0 Å². The van der Waals surface area contributed by atoms with Gasteiger partial charge in [-0.15, -0.1) is 0 Å². The summed E-state index contributed by atoms with van der Waals surface area (Å²) in [6.07, 6.45) is -3.45. The van der Waals surface area contributed by atoms with Crippen LogP contribution in [-0.4, -0.2) is 21.6 Å². The molecule has 4 aromatic rings. The lowest BCUT2D eigenvalue weighted by molar-refractivity contribution is -0.137. The quantitative estimate of drug-likeness (QED) is 0.300. The molecule has 1 fully saturated rings. The van der Waals surface area contributed by atoms with Gasteiger partial charge in [-0.1, -0.05) is 11.6 Å². The molecule has 0 saturated heterocycles. The molecular weight excluding hydrogens is 543 g/mol. The van der Waals surface area contributed by atoms with E-state index in [-0.39, 0.29) is 44.8 Å². The number of nitrogens with two attached hydrogens (primary N) is 1. The Kier molecular flexibility index (Phi) is 5.52. The summed E-state index contributed by atoms with van der Waals surface area (Å²) >= 11 is 6.35. The first-order valence-corrected chi connectivity index (χ1v) is 12.2. The van der Waals surface area contributed by atoms with E-state index in [1.165, 1.54) is 12.1 Å². The fraction of sp³-hybridized carbons (Fsp3) is 0.222. The molecule has 1 aliphatic carbocycles. The predicted octanol–water partition coefficient (Wildman–Crippen LogP) is 6.00. The Morgan fingerprint density at radius 1 is 1.10 bits per heavy atom. The molecule has 1 aliphatic heterocycles. The third-order valence-electron chi connectivity index (χ3n) is 7.18. The number of fused-ring (bicyclic) bond motifs is 3. The highest BCUT2D eigenvalue weighted by molar-refractivity contribution is 6.31. The molecule has 2 amide bonds. The number of benzene rings is 3. The van der Waals surface area contributed by atoms with Crippen LogP contribution in [0.5, 0.6) is 0 Å². The molecule has 3 N–H and O–H groups in total. The van der Waals surface area contributed by atoms with E-state index in [0.29, 0.717) is 17.1 Å². The molecule has 12 heteroatoms. The maximum atomic E-state index is 14.4. The topological polar surface area (TPSA) is 90.0 Å². The van der Waals surface area contributed by atoms with Crippen molar-refractivity contribution in [3.63, 3.8) is 0 Å². The largest absolute Gasteiger partial charge is 0.417 e. The number of hydrogen-bond donors (Lipinski definition) is 2. The van der Waals surface area contributed by atoms with E-state index in [0.717, 1.165) is 25.0 Å². The van der Waals surface area contributed by atoms with Gasteiger partial charge in [0.05, 0.1) is 22.7 Å². The summed E-state index contributed by atoms with van der Waals surface area (Å²) in [6.45, 7) is 0. The van der Waals surface area contributed by atoms with Crippen LogP contribution < -0.4 is 11.1 Å². The molecule has 1 aromatic heterocycles. The SMILES string of the molecule is Cn1nc2c3c(c(-c4c(C(N)=O)cc(F)cc4C(F)(F)F)cc2c1C1CC1)C(c1cc(F)ccc1Cl)NC3=O. The molecule has 2 heterocycles. The van der Waals surface area contributed by atoms with Crippen LogP contribution in [0.4, 0.5) is 22.0 Å². The molecule has 2 aliphatic rings. The van der Waals surface area contributed by atoms with Gasteiger partial charge in [-0.2, -0.15) is 18.3 Å². The first kappa shape index (κ1) is 25.3. The fourth-order valence-electron chi connectivity index (χ4n) is 5.50. The van der Waals surface area contributed by atoms with Crippen LogP contribution in [-0.2, 0) is 13.2 Å². The predicted molar refractivity (Wildman–Crippen MR) is 132 cm³/mol. The Morgan fingerprint density at radius 3 is 2.46 bits per heavy atom. The summed E-state index contributed by atoms with van der Waals surface area (Å²) in [7, 11) is 1.67. The molecule has 0 bridgehead atoms. The Balaban J connectivity index is 1.80. The Labute approximate surface area is 222 Å². The van der Waals surface area contributed by atoms with Crippen LogP contribution in [0.2, 0.25) is 5.02 Å². The number of rotatable bonds is 4. The summed E-state index contributed by atoms with van der Waals surface area (Å²) in [5.41, 5.74) is 3.42. The zero-order valence-corrected chi connectivity index (χ0v) is 20.8. The number of aryl methyl sites for hydroxylation is 1. The van der Waals surface area contributed by atoms with Gasteiger partial charge < -0.3 is 11.1 Å². The molecule has 200 valence electrons. The maximum Gasteiger partial charge on any atom is 0.417 e. The average molecular weight is 561 g/mol. The highest BCUT2D eigenvalue weighted by atomic mass is 35.5. The van der Waals surface area contributed by atoms with Crippen LogP contribution in [0.25, 0.3) is 22.0 Å². The van der Waals surface area contributed by atoms with Gasteiger partial charge in [-0.3, -0.25) is 14.3 Å². The molecule has 0 radical (unpaired) electrons. The van der Waals surface area contributed by atoms with E-state index < -0.39 is 52.4 Å². The van der Waals surface area contributed by atoms with Gasteiger partial charge in [0, 0.05) is 45.8 Å². The number of nitrogens with one attached hydrogen (secondary N) is 1. The Bertz CT molecular complexity index is 1740. The molecule has 1 unspecified atom stereocenters. The van der Waals surface area contributed by atoms with Crippen molar-refractivity contribution in [1.29, 1.82) is 0 Å². The highest BCUT2D eigenvalue weighted by Crippen LogP contribution is 2.50. The summed E-state index contributed by atoms with van der Waals surface area (Å²) < 4.78 is 73.4. The van der Waals surface area contributed by atoms with Crippen molar-refractivity contribution in [3.8, 4) is 11.1 Å². The van der Waals surface area contributed by atoms with E-state index in [2.05, 4.69) is 10.4 Å². The van der Waals surface area contributed by atoms with Crippen LogP contribution in [0.1, 0.15) is 67.9 Å². The fourth-order valence-corrected chi connectivity index (χ4v) is 5.73. The molecule has 1 saturated carbocycles. The summed E-state index contributed by atoms with van der Waals surface area (Å²) in [5, 5.41) is 7.67. The molecular formula is C27H18ClF5N4O2. The molecule has 6 rings (SSSR count). The van der Waals surface area contributed by atoms with Crippen molar-refractivity contribution >= 4 is 34.3 Å². The van der Waals surface area contributed by atoms with Gasteiger partial charge in [-0.05, 0) is 54.8 Å². The molecule has 0 spiro atoms. The normalized spacial score (nSPS) is 17.0. The van der Waals surface area contributed by atoms with Crippen LogP contribution in [0, 0.1) is 11.6 Å². The number of alkyl halides is 3. The number of hydrogen-bond acceptors (Lipinski definition) is 3. The number of halogens is 6. The smallest absolute Gasteiger partial charge is 0.366 e. The van der Waals surface area contributed by atoms with Gasteiger partial charge >= 0.3 is 6.18 Å². The number of primary amides is 1. The van der Waals surface area contributed by atoms with E-state index in [4.69, 9.17) is 17.3 Å². The lowest BCUT2D eigenvalue weighted by Crippen LogP contribution is -2.21. The first-order chi connectivity index (χ1) is 18.4. The highest BCUT2D eigenvalue weighted by Gasteiger charge is 2.43. The van der Waals surface area contributed by atoms with Gasteiger partial charge in [0.1, 0.15) is 17.2 Å². The van der Waals surface area contributed by atoms with E-state index in [1.807, 2.05) is 0 Å². The maximum absolute atomic E-state index is 14.4. The summed E-state index contributed by atoms with van der Waals surface area (Å²) in [4.78, 5) is 25.8. The van der Waals surface area contributed by atoms with Gasteiger partial charge in [-0.25, -0.2) is 8.78 Å². The molecule has 6 nitrogen and oxygen atoms in total. The second-order valence-electron chi connectivity index (χ2n) is 9.70. The Hall–Kier alpha value is -3.99. The number of aromatic nitrogens is 2. The van der Waals surface area contributed by atoms with Crippen LogP contribution in [0.15, 0.2) is 36.4 Å². The summed E-state index contributed by atoms with van der Waals surface area (Å²) in [6, 6.07) is 4.54. The minimum atomic E-state index is -5.10. The van der Waals surface area contributed by atoms with Crippen molar-refractivity contribution in [2.75, 3.05) is 0 Å². The lowest BCUT2D eigenvalue weighted by Gasteiger charge is -2.22. The number of carbonyl (C=O) groups excluding carboxylic acids is 2. The molecule has 1 atom stereocenters. The first-order valence-electron chi connectivity index (χ1n) is 11.9. The van der Waals surface area contributed by atoms with Crippen LogP contribution in [0.3, 0.4) is 0 Å². The minimum absolute atomic E-state index is 0.0000510. The van der Waals surface area contributed by atoms with Gasteiger partial charge in [0.25, 0.3) is 5.91 Å². The third kappa shape index (κ3) is 3.94. The average Bonchev–Trinajstić information content (AvgIpc) is 3.54. The van der Waals surface area contributed by atoms with Crippen LogP contribution >= 0.6 is 11.6 Å². The molecule has 3 aromatic carbocycles. The number of carbonyl (C=O) groups is 2. The zero-order chi connectivity index (χ0) is 28.0. The van der Waals surface area contributed by atoms with Crippen molar-refractivity contribution in [1.82, 2.24) is 15.1 Å². The second-order valence-corrected chi connectivity index (χ2v) is 10.1. The zero-order valence-electron chi connectivity index (χ0n) is 20.1. The van der Waals surface area contributed by atoms with Crippen molar-refractivity contribution < 1.29 is 31.5 Å². The summed E-state index contributed by atoms with van der Waals surface area (Å²) in [5.74, 6) is -3.88.